The lowest BCUT2D eigenvalue weighted by molar-refractivity contribution is -0.00154. The maximum atomic E-state index is 8.84. The average Bonchev–Trinajstić information content (AvgIpc) is 2.27. The van der Waals surface area contributed by atoms with E-state index in [4.69, 9.17) is 21.6 Å². The second-order valence-electron chi connectivity index (χ2n) is 4.34. The lowest BCUT2D eigenvalue weighted by Gasteiger charge is -2.27. The van der Waals surface area contributed by atoms with Gasteiger partial charge in [0.1, 0.15) is 11.2 Å². The Hall–Kier alpha value is -1.11. The van der Waals surface area contributed by atoms with Crippen molar-refractivity contribution >= 4 is 11.6 Å². The molecule has 1 aliphatic rings. The van der Waals surface area contributed by atoms with Gasteiger partial charge in [-0.15, -0.1) is 0 Å². The summed E-state index contributed by atoms with van der Waals surface area (Å²) in [5.41, 5.74) is 2.37. The third-order valence-corrected chi connectivity index (χ3v) is 3.14. The fraction of sp³-hybridized carbons (Fsp3) is 0.500. The van der Waals surface area contributed by atoms with Crippen molar-refractivity contribution < 1.29 is 4.74 Å². The Kier molecular flexibility index (Phi) is 3.13. The van der Waals surface area contributed by atoms with Crippen LogP contribution in [0.25, 0.3) is 0 Å². The van der Waals surface area contributed by atoms with Crippen LogP contribution >= 0.6 is 11.6 Å². The summed E-state index contributed by atoms with van der Waals surface area (Å²) in [6.45, 7) is 4.78. The van der Waals surface area contributed by atoms with Crippen molar-refractivity contribution in [1.29, 1.82) is 5.26 Å². The molecule has 84 valence electrons. The van der Waals surface area contributed by atoms with Gasteiger partial charge in [0.2, 0.25) is 0 Å². The molecule has 0 bridgehead atoms. The van der Waals surface area contributed by atoms with Gasteiger partial charge in [0.05, 0.1) is 24.0 Å². The molecule has 16 heavy (non-hydrogen) atoms. The van der Waals surface area contributed by atoms with Gasteiger partial charge in [-0.2, -0.15) is 5.26 Å². The summed E-state index contributed by atoms with van der Waals surface area (Å²) in [6.07, 6.45) is 0.974. The van der Waals surface area contributed by atoms with Crippen LogP contribution in [0.2, 0.25) is 5.15 Å². The Morgan fingerprint density at radius 2 is 2.38 bits per heavy atom. The third kappa shape index (κ3) is 2.04. The molecule has 0 radical (unpaired) electrons. The molecule has 0 N–H and O–H groups in total. The van der Waals surface area contributed by atoms with E-state index >= 15 is 0 Å². The monoisotopic (exact) mass is 236 g/mol. The zero-order valence-corrected chi connectivity index (χ0v) is 10.1. The predicted molar refractivity (Wildman–Crippen MR) is 61.1 cm³/mol. The molecule has 0 aromatic carbocycles. The molecule has 0 unspecified atom stereocenters. The van der Waals surface area contributed by atoms with Gasteiger partial charge in [-0.25, -0.2) is 4.98 Å². The Morgan fingerprint density at radius 3 is 3.00 bits per heavy atom. The van der Waals surface area contributed by atoms with Gasteiger partial charge in [0, 0.05) is 12.0 Å². The van der Waals surface area contributed by atoms with Crippen LogP contribution in [-0.2, 0) is 17.8 Å². The van der Waals surface area contributed by atoms with E-state index in [1.54, 1.807) is 6.07 Å². The van der Waals surface area contributed by atoms with E-state index in [9.17, 15) is 0 Å². The van der Waals surface area contributed by atoms with Crippen LogP contribution in [0.3, 0.4) is 0 Å². The molecule has 0 spiro atoms. The van der Waals surface area contributed by atoms with Crippen molar-refractivity contribution in [1.82, 2.24) is 4.98 Å². The zero-order chi connectivity index (χ0) is 11.7. The molecule has 0 amide bonds. The molecule has 2 heterocycles. The maximum Gasteiger partial charge on any atom is 0.147 e. The van der Waals surface area contributed by atoms with Crippen molar-refractivity contribution in [2.24, 2.45) is 5.92 Å². The summed E-state index contributed by atoms with van der Waals surface area (Å²) < 4.78 is 5.71. The van der Waals surface area contributed by atoms with Gasteiger partial charge in [0.25, 0.3) is 0 Å². The Bertz CT molecular complexity index is 451. The second-order valence-corrected chi connectivity index (χ2v) is 4.70. The molecule has 1 atom stereocenters. The van der Waals surface area contributed by atoms with Crippen LogP contribution in [-0.4, -0.2) is 11.1 Å². The number of halogens is 1. The van der Waals surface area contributed by atoms with E-state index in [1.165, 1.54) is 0 Å². The van der Waals surface area contributed by atoms with Gasteiger partial charge < -0.3 is 4.74 Å². The first-order valence-corrected chi connectivity index (χ1v) is 5.69. The molecule has 4 heteroatoms. The third-order valence-electron chi connectivity index (χ3n) is 2.86. The summed E-state index contributed by atoms with van der Waals surface area (Å²) >= 11 is 5.91. The molecular formula is C12H13ClN2O. The first-order valence-electron chi connectivity index (χ1n) is 5.31. The van der Waals surface area contributed by atoms with Crippen molar-refractivity contribution in [3.63, 3.8) is 0 Å². The SMILES string of the molecule is CC(C)[C@@H]1Cc2nc(Cl)c(C#N)cc2CO1. The van der Waals surface area contributed by atoms with E-state index in [0.717, 1.165) is 17.7 Å². The molecule has 0 saturated heterocycles. The smallest absolute Gasteiger partial charge is 0.147 e. The van der Waals surface area contributed by atoms with Crippen molar-refractivity contribution in [2.75, 3.05) is 0 Å². The molecule has 1 aromatic rings. The fourth-order valence-corrected chi connectivity index (χ4v) is 2.02. The number of aromatic nitrogens is 1. The minimum absolute atomic E-state index is 0.198. The number of ether oxygens (including phenoxy) is 1. The molecule has 1 aromatic heterocycles. The van der Waals surface area contributed by atoms with Crippen molar-refractivity contribution in [3.05, 3.63) is 28.0 Å². The number of hydrogen-bond donors (Lipinski definition) is 0. The van der Waals surface area contributed by atoms with Gasteiger partial charge in [-0.3, -0.25) is 0 Å². The molecule has 2 rings (SSSR count). The van der Waals surface area contributed by atoms with Crippen molar-refractivity contribution in [2.45, 2.75) is 33.0 Å². The maximum absolute atomic E-state index is 8.84. The summed E-state index contributed by atoms with van der Waals surface area (Å²) in [7, 11) is 0. The standard InChI is InChI=1S/C12H13ClN2O/c1-7(2)11-4-10-9(6-16-11)3-8(5-14)12(13)15-10/h3,7,11H,4,6H2,1-2H3/t11-/m0/s1. The quantitative estimate of drug-likeness (QED) is 0.705. The number of nitriles is 1. The van der Waals surface area contributed by atoms with Gasteiger partial charge in [-0.1, -0.05) is 25.4 Å². The highest BCUT2D eigenvalue weighted by atomic mass is 35.5. The zero-order valence-electron chi connectivity index (χ0n) is 9.33. The minimum atomic E-state index is 0.198. The van der Waals surface area contributed by atoms with Crippen LogP contribution in [0.4, 0.5) is 0 Å². The summed E-state index contributed by atoms with van der Waals surface area (Å²) in [5, 5.41) is 9.14. The average molecular weight is 237 g/mol. The van der Waals surface area contributed by atoms with E-state index < -0.39 is 0 Å². The van der Waals surface area contributed by atoms with Crippen molar-refractivity contribution in [3.8, 4) is 6.07 Å². The lowest BCUT2D eigenvalue weighted by Crippen LogP contribution is -2.28. The molecule has 0 saturated carbocycles. The topological polar surface area (TPSA) is 45.9 Å². The van der Waals surface area contributed by atoms with E-state index in [2.05, 4.69) is 18.8 Å². The first-order chi connectivity index (χ1) is 7.61. The lowest BCUT2D eigenvalue weighted by atomic mass is 9.96. The molecular weight excluding hydrogens is 224 g/mol. The first kappa shape index (κ1) is 11.4. The molecule has 0 fully saturated rings. The van der Waals surface area contributed by atoms with E-state index in [1.807, 2.05) is 6.07 Å². The minimum Gasteiger partial charge on any atom is -0.373 e. The van der Waals surface area contributed by atoms with Gasteiger partial charge >= 0.3 is 0 Å². The molecule has 0 aliphatic carbocycles. The number of fused-ring (bicyclic) bond motifs is 1. The number of hydrogen-bond acceptors (Lipinski definition) is 3. The number of nitrogens with zero attached hydrogens (tertiary/aromatic N) is 2. The predicted octanol–water partition coefficient (Wildman–Crippen LogP) is 2.70. The normalized spacial score (nSPS) is 19.3. The fourth-order valence-electron chi connectivity index (χ4n) is 1.82. The van der Waals surface area contributed by atoms with Crippen LogP contribution < -0.4 is 0 Å². The van der Waals surface area contributed by atoms with E-state index in [-0.39, 0.29) is 6.10 Å². The highest BCUT2D eigenvalue weighted by molar-refractivity contribution is 6.30. The second kappa shape index (κ2) is 4.40. The number of rotatable bonds is 1. The van der Waals surface area contributed by atoms with Crippen LogP contribution in [0.1, 0.15) is 30.7 Å². The highest BCUT2D eigenvalue weighted by Crippen LogP contribution is 2.26. The summed E-state index contributed by atoms with van der Waals surface area (Å²) in [4.78, 5) is 4.28. The van der Waals surface area contributed by atoms with E-state index in [0.29, 0.717) is 23.2 Å². The molecule has 3 nitrogen and oxygen atoms in total. The molecule has 1 aliphatic heterocycles. The Labute approximate surface area is 100 Å². The largest absolute Gasteiger partial charge is 0.373 e. The number of pyridine rings is 1. The summed E-state index contributed by atoms with van der Waals surface area (Å²) in [5.74, 6) is 0.462. The Morgan fingerprint density at radius 1 is 1.62 bits per heavy atom. The van der Waals surface area contributed by atoms with Crippen LogP contribution in [0, 0.1) is 17.2 Å². The van der Waals surface area contributed by atoms with Crippen LogP contribution in [0.5, 0.6) is 0 Å². The Balaban J connectivity index is 2.34. The summed E-state index contributed by atoms with van der Waals surface area (Å²) in [6, 6.07) is 3.81. The highest BCUT2D eigenvalue weighted by Gasteiger charge is 2.24. The van der Waals surface area contributed by atoms with Gasteiger partial charge in [-0.05, 0) is 12.0 Å². The van der Waals surface area contributed by atoms with Gasteiger partial charge in [0.15, 0.2) is 0 Å². The van der Waals surface area contributed by atoms with Crippen LogP contribution in [0.15, 0.2) is 6.07 Å².